The van der Waals surface area contributed by atoms with Crippen LogP contribution in [0.4, 0.5) is 11.5 Å². The lowest BCUT2D eigenvalue weighted by atomic mass is 10.0. The molecule has 0 fully saturated rings. The van der Waals surface area contributed by atoms with Crippen LogP contribution in [0.5, 0.6) is 0 Å². The molecule has 0 spiro atoms. The van der Waals surface area contributed by atoms with E-state index in [1.54, 1.807) is 43.3 Å². The number of fused-ring (bicyclic) bond motifs is 1. The quantitative estimate of drug-likeness (QED) is 0.446. The lowest BCUT2D eigenvalue weighted by Gasteiger charge is -2.13. The number of carbonyl (C=O) groups is 1. The molecule has 4 rings (SSSR count). The van der Waals surface area contributed by atoms with Crippen molar-refractivity contribution in [3.05, 3.63) is 70.6 Å². The van der Waals surface area contributed by atoms with Gasteiger partial charge in [0.2, 0.25) is 0 Å². The number of halogens is 1. The molecular weight excluding hydrogens is 414 g/mol. The second kappa shape index (κ2) is 8.02. The number of hydrogen-bond acceptors (Lipinski definition) is 5. The van der Waals surface area contributed by atoms with Crippen LogP contribution in [0.3, 0.4) is 0 Å². The highest BCUT2D eigenvalue weighted by molar-refractivity contribution is 6.34. The highest BCUT2D eigenvalue weighted by Gasteiger charge is 2.20. The molecule has 1 unspecified atom stereocenters. The van der Waals surface area contributed by atoms with E-state index >= 15 is 0 Å². The first-order valence-electron chi connectivity index (χ1n) is 9.69. The molecule has 31 heavy (non-hydrogen) atoms. The number of anilines is 2. The lowest BCUT2D eigenvalue weighted by molar-refractivity contribution is -0.124. The van der Waals surface area contributed by atoms with E-state index in [2.05, 4.69) is 15.3 Å². The summed E-state index contributed by atoms with van der Waals surface area (Å²) in [6, 6.07) is 12.4. The van der Waals surface area contributed by atoms with Crippen molar-refractivity contribution in [2.45, 2.75) is 20.0 Å². The maximum absolute atomic E-state index is 12.5. The molecule has 0 radical (unpaired) electrons. The number of benzene rings is 2. The fourth-order valence-electron chi connectivity index (χ4n) is 3.63. The first kappa shape index (κ1) is 20.8. The van der Waals surface area contributed by atoms with Crippen molar-refractivity contribution in [3.63, 3.8) is 0 Å². The molecule has 0 saturated carbocycles. The summed E-state index contributed by atoms with van der Waals surface area (Å²) in [6.45, 7) is 3.69. The average molecular weight is 436 g/mol. The number of nitrogens with zero attached hydrogens (tertiary/aromatic N) is 3. The number of aliphatic hydroxyl groups excluding tert-OH is 1. The molecule has 8 heteroatoms. The zero-order chi connectivity index (χ0) is 22.3. The molecule has 4 N–H and O–H groups in total. The van der Waals surface area contributed by atoms with Crippen LogP contribution in [-0.2, 0) is 11.8 Å². The van der Waals surface area contributed by atoms with Crippen LogP contribution >= 0.6 is 11.6 Å². The van der Waals surface area contributed by atoms with Crippen LogP contribution < -0.4 is 11.1 Å². The Morgan fingerprint density at radius 3 is 2.65 bits per heavy atom. The number of carbonyl (C=O) groups excluding carboxylic acids is 1. The van der Waals surface area contributed by atoms with Gasteiger partial charge in [-0.3, -0.25) is 4.79 Å². The van der Waals surface area contributed by atoms with Gasteiger partial charge in [-0.25, -0.2) is 9.97 Å². The number of nitrogen functional groups attached to an aromatic ring is 1. The fraction of sp³-hybridized carbons (Fsp3) is 0.174. The van der Waals surface area contributed by atoms with Crippen molar-refractivity contribution in [1.82, 2.24) is 14.5 Å². The average Bonchev–Trinajstić information content (AvgIpc) is 3.04. The summed E-state index contributed by atoms with van der Waals surface area (Å²) in [5.41, 5.74) is 10.4. The summed E-state index contributed by atoms with van der Waals surface area (Å²) in [4.78, 5) is 21.2. The molecule has 7 nitrogen and oxygen atoms in total. The summed E-state index contributed by atoms with van der Waals surface area (Å²) in [5, 5.41) is 14.2. The molecule has 4 aromatic rings. The van der Waals surface area contributed by atoms with E-state index in [0.29, 0.717) is 27.9 Å². The predicted molar refractivity (Wildman–Crippen MR) is 123 cm³/mol. The Balaban J connectivity index is 1.64. The van der Waals surface area contributed by atoms with Crippen molar-refractivity contribution in [3.8, 4) is 11.1 Å². The maximum Gasteiger partial charge on any atom is 0.257 e. The number of aliphatic hydroxyl groups is 1. The zero-order valence-corrected chi connectivity index (χ0v) is 18.1. The van der Waals surface area contributed by atoms with Gasteiger partial charge in [-0.2, -0.15) is 0 Å². The molecule has 2 aromatic heterocycles. The molecule has 1 atom stereocenters. The minimum absolute atomic E-state index is 0.382. The van der Waals surface area contributed by atoms with E-state index in [1.807, 2.05) is 30.8 Å². The number of nitrogens with two attached hydrogens (primary N) is 1. The molecule has 0 bridgehead atoms. The largest absolute Gasteiger partial charge is 0.383 e. The van der Waals surface area contributed by atoms with Gasteiger partial charge < -0.3 is 20.7 Å². The Kier molecular flexibility index (Phi) is 5.39. The topological polar surface area (TPSA) is 106 Å². The van der Waals surface area contributed by atoms with E-state index in [9.17, 15) is 9.90 Å². The lowest BCUT2D eigenvalue weighted by Crippen LogP contribution is -2.20. The van der Waals surface area contributed by atoms with Crippen LogP contribution in [-0.4, -0.2) is 25.5 Å². The van der Waals surface area contributed by atoms with E-state index < -0.39 is 12.0 Å². The minimum atomic E-state index is -1.28. The normalized spacial score (nSPS) is 12.2. The second-order valence-electron chi connectivity index (χ2n) is 7.51. The Labute approximate surface area is 184 Å². The van der Waals surface area contributed by atoms with Gasteiger partial charge >= 0.3 is 0 Å². The smallest absolute Gasteiger partial charge is 0.257 e. The molecule has 0 aliphatic rings. The molecule has 158 valence electrons. The first-order chi connectivity index (χ1) is 14.7. The van der Waals surface area contributed by atoms with Gasteiger partial charge in [0.15, 0.2) is 6.10 Å². The van der Waals surface area contributed by atoms with Crippen molar-refractivity contribution >= 4 is 40.0 Å². The SMILES string of the molecule is Cc1cccc(C(O)C(=O)Nc2ccc(-c3cn(C)c4nc(C)nc(N)c34)c(Cl)c2)c1. The highest BCUT2D eigenvalue weighted by atomic mass is 35.5. The molecule has 0 saturated heterocycles. The Bertz CT molecular complexity index is 1320. The van der Waals surface area contributed by atoms with Gasteiger partial charge in [0, 0.05) is 30.1 Å². The van der Waals surface area contributed by atoms with Gasteiger partial charge in [0.05, 0.1) is 10.4 Å². The number of amides is 1. The Hall–Kier alpha value is -3.42. The van der Waals surface area contributed by atoms with Crippen molar-refractivity contribution < 1.29 is 9.90 Å². The van der Waals surface area contributed by atoms with E-state index in [4.69, 9.17) is 17.3 Å². The van der Waals surface area contributed by atoms with Gasteiger partial charge in [0.25, 0.3) is 5.91 Å². The zero-order valence-electron chi connectivity index (χ0n) is 17.3. The van der Waals surface area contributed by atoms with Crippen molar-refractivity contribution in [2.75, 3.05) is 11.1 Å². The Morgan fingerprint density at radius 2 is 1.94 bits per heavy atom. The molecule has 2 heterocycles. The number of aromatic nitrogens is 3. The van der Waals surface area contributed by atoms with Gasteiger partial charge in [-0.1, -0.05) is 47.5 Å². The number of nitrogens with one attached hydrogen (secondary N) is 1. The van der Waals surface area contributed by atoms with Crippen LogP contribution in [0, 0.1) is 13.8 Å². The van der Waals surface area contributed by atoms with Crippen LogP contribution in [0.1, 0.15) is 23.1 Å². The summed E-state index contributed by atoms with van der Waals surface area (Å²) in [7, 11) is 1.88. The van der Waals surface area contributed by atoms with Gasteiger partial charge in [-0.15, -0.1) is 0 Å². The van der Waals surface area contributed by atoms with Gasteiger partial charge in [-0.05, 0) is 31.5 Å². The standard InChI is InChI=1S/C23H22ClN5O2/c1-12-5-4-6-14(9-12)20(30)23(31)28-15-7-8-16(18(24)10-15)17-11-29(3)22-19(17)21(25)26-13(2)27-22/h4-11,20,30H,1-3H3,(H,28,31)(H2,25,26,27). The Morgan fingerprint density at radius 1 is 1.16 bits per heavy atom. The molecule has 1 amide bonds. The summed E-state index contributed by atoms with van der Waals surface area (Å²) < 4.78 is 1.87. The van der Waals surface area contributed by atoms with Gasteiger partial charge in [0.1, 0.15) is 17.3 Å². The van der Waals surface area contributed by atoms with E-state index in [1.165, 1.54) is 0 Å². The van der Waals surface area contributed by atoms with Crippen LogP contribution in [0.25, 0.3) is 22.2 Å². The maximum atomic E-state index is 12.5. The monoisotopic (exact) mass is 435 g/mol. The molecular formula is C23H22ClN5O2. The molecule has 2 aromatic carbocycles. The van der Waals surface area contributed by atoms with E-state index in [-0.39, 0.29) is 0 Å². The van der Waals surface area contributed by atoms with E-state index in [0.717, 1.165) is 27.7 Å². The second-order valence-corrected chi connectivity index (χ2v) is 7.92. The molecule has 0 aliphatic carbocycles. The minimum Gasteiger partial charge on any atom is -0.383 e. The third kappa shape index (κ3) is 3.97. The third-order valence-corrected chi connectivity index (χ3v) is 5.40. The summed E-state index contributed by atoms with van der Waals surface area (Å²) in [5.74, 6) is 0.439. The van der Waals surface area contributed by atoms with Crippen LogP contribution in [0.2, 0.25) is 5.02 Å². The first-order valence-corrected chi connectivity index (χ1v) is 10.1. The number of hydrogen-bond donors (Lipinski definition) is 3. The molecule has 0 aliphatic heterocycles. The predicted octanol–water partition coefficient (Wildman–Crippen LogP) is 4.16. The number of rotatable bonds is 4. The number of aryl methyl sites for hydroxylation is 3. The summed E-state index contributed by atoms with van der Waals surface area (Å²) in [6.07, 6.45) is 0.618. The van der Waals surface area contributed by atoms with Crippen molar-refractivity contribution in [2.24, 2.45) is 7.05 Å². The fourth-order valence-corrected chi connectivity index (χ4v) is 3.91. The summed E-state index contributed by atoms with van der Waals surface area (Å²) >= 11 is 6.55. The van der Waals surface area contributed by atoms with Crippen molar-refractivity contribution in [1.29, 1.82) is 0 Å². The van der Waals surface area contributed by atoms with Crippen LogP contribution in [0.15, 0.2) is 48.7 Å². The highest BCUT2D eigenvalue weighted by Crippen LogP contribution is 2.37. The third-order valence-electron chi connectivity index (χ3n) is 5.09.